The minimum atomic E-state index is -0.645. The van der Waals surface area contributed by atoms with E-state index in [2.05, 4.69) is 0 Å². The molecule has 0 radical (unpaired) electrons. The fraction of sp³-hybridized carbons (Fsp3) is 0.471. The summed E-state index contributed by atoms with van der Waals surface area (Å²) in [4.78, 5) is 37.4. The van der Waals surface area contributed by atoms with E-state index in [0.717, 1.165) is 0 Å². The minimum Gasteiger partial charge on any atom is -0.466 e. The van der Waals surface area contributed by atoms with Gasteiger partial charge in [0.2, 0.25) is 0 Å². The Bertz CT molecular complexity index is 656. The predicted molar refractivity (Wildman–Crippen MR) is 92.7 cm³/mol. The van der Waals surface area contributed by atoms with Crippen LogP contribution in [0.1, 0.15) is 30.1 Å². The van der Waals surface area contributed by atoms with Crippen LogP contribution in [-0.2, 0) is 19.1 Å². The van der Waals surface area contributed by atoms with Crippen molar-refractivity contribution in [1.29, 1.82) is 0 Å². The quantitative estimate of drug-likeness (QED) is 0.726. The van der Waals surface area contributed by atoms with Crippen LogP contribution >= 0.6 is 23.2 Å². The Balaban J connectivity index is 1.80. The Morgan fingerprint density at radius 2 is 1.80 bits per heavy atom. The first-order chi connectivity index (χ1) is 11.9. The molecule has 0 bridgehead atoms. The van der Waals surface area contributed by atoms with E-state index in [9.17, 15) is 14.4 Å². The summed E-state index contributed by atoms with van der Waals surface area (Å²) < 4.78 is 10.0. The largest absolute Gasteiger partial charge is 0.466 e. The molecule has 1 aromatic rings. The average Bonchev–Trinajstić information content (AvgIpc) is 2.62. The maximum Gasteiger partial charge on any atom is 0.338 e. The van der Waals surface area contributed by atoms with Gasteiger partial charge < -0.3 is 14.4 Å². The first kappa shape index (κ1) is 19.5. The van der Waals surface area contributed by atoms with Crippen LogP contribution in [0.25, 0.3) is 0 Å². The van der Waals surface area contributed by atoms with E-state index >= 15 is 0 Å². The number of rotatable bonds is 5. The Labute approximate surface area is 156 Å². The Morgan fingerprint density at radius 3 is 2.40 bits per heavy atom. The van der Waals surface area contributed by atoms with Crippen LogP contribution in [0.2, 0.25) is 10.0 Å². The smallest absolute Gasteiger partial charge is 0.338 e. The highest BCUT2D eigenvalue weighted by Gasteiger charge is 2.28. The van der Waals surface area contributed by atoms with E-state index < -0.39 is 5.97 Å². The molecule has 2 rings (SSSR count). The number of ether oxygens (including phenoxy) is 2. The van der Waals surface area contributed by atoms with Crippen LogP contribution in [0, 0.1) is 5.92 Å². The number of hydrogen-bond acceptors (Lipinski definition) is 5. The molecular formula is C17H19Cl2NO5. The highest BCUT2D eigenvalue weighted by molar-refractivity contribution is 6.42. The molecule has 6 nitrogen and oxygen atoms in total. The molecule has 0 spiro atoms. The van der Waals surface area contributed by atoms with E-state index in [1.165, 1.54) is 18.2 Å². The highest BCUT2D eigenvalue weighted by Crippen LogP contribution is 2.23. The maximum atomic E-state index is 12.1. The summed E-state index contributed by atoms with van der Waals surface area (Å²) >= 11 is 11.6. The lowest BCUT2D eigenvalue weighted by atomic mass is 9.97. The first-order valence-corrected chi connectivity index (χ1v) is 8.74. The summed E-state index contributed by atoms with van der Waals surface area (Å²) in [6.07, 6.45) is 1.09. The van der Waals surface area contributed by atoms with Crippen molar-refractivity contribution < 1.29 is 23.9 Å². The molecule has 1 aliphatic rings. The highest BCUT2D eigenvalue weighted by atomic mass is 35.5. The second kappa shape index (κ2) is 9.06. The Kier molecular flexibility index (Phi) is 7.08. The molecule has 8 heteroatoms. The summed E-state index contributed by atoms with van der Waals surface area (Å²) in [5.74, 6) is -1.34. The van der Waals surface area contributed by atoms with Gasteiger partial charge in [0.15, 0.2) is 6.61 Å². The van der Waals surface area contributed by atoms with Gasteiger partial charge in [-0.3, -0.25) is 9.59 Å². The number of hydrogen-bond donors (Lipinski definition) is 0. The van der Waals surface area contributed by atoms with Gasteiger partial charge in [-0.2, -0.15) is 0 Å². The van der Waals surface area contributed by atoms with Crippen molar-refractivity contribution in [2.75, 3.05) is 26.3 Å². The zero-order valence-corrected chi connectivity index (χ0v) is 15.3. The molecule has 136 valence electrons. The van der Waals surface area contributed by atoms with E-state index in [1.54, 1.807) is 11.8 Å². The van der Waals surface area contributed by atoms with Crippen molar-refractivity contribution in [3.05, 3.63) is 33.8 Å². The summed E-state index contributed by atoms with van der Waals surface area (Å²) in [5.41, 5.74) is 0.225. The van der Waals surface area contributed by atoms with Gasteiger partial charge in [-0.05, 0) is 38.0 Å². The van der Waals surface area contributed by atoms with Crippen molar-refractivity contribution in [1.82, 2.24) is 4.90 Å². The number of amides is 1. The lowest BCUT2D eigenvalue weighted by Gasteiger charge is -2.30. The standard InChI is InChI=1S/C17H19Cl2NO5/c1-2-24-16(22)11-5-7-20(8-6-11)15(21)10-25-17(23)12-3-4-13(18)14(19)9-12/h3-4,9,11H,2,5-8,10H2,1H3. The first-order valence-electron chi connectivity index (χ1n) is 7.99. The van der Waals surface area contributed by atoms with Crippen LogP contribution in [0.4, 0.5) is 0 Å². The molecule has 0 saturated carbocycles. The second-order valence-electron chi connectivity index (χ2n) is 5.61. The number of halogens is 2. The molecule has 1 fully saturated rings. The van der Waals surface area contributed by atoms with Gasteiger partial charge in [0.1, 0.15) is 0 Å². The molecule has 1 saturated heterocycles. The van der Waals surface area contributed by atoms with E-state index in [4.69, 9.17) is 32.7 Å². The van der Waals surface area contributed by atoms with Crippen LogP contribution in [0.15, 0.2) is 18.2 Å². The summed E-state index contributed by atoms with van der Waals surface area (Å²) in [6, 6.07) is 4.36. The maximum absolute atomic E-state index is 12.1. The lowest BCUT2D eigenvalue weighted by molar-refractivity contribution is -0.151. The Hall–Kier alpha value is -1.79. The van der Waals surface area contributed by atoms with Crippen LogP contribution < -0.4 is 0 Å². The molecule has 0 unspecified atom stereocenters. The molecule has 25 heavy (non-hydrogen) atoms. The SMILES string of the molecule is CCOC(=O)C1CCN(C(=O)COC(=O)c2ccc(Cl)c(Cl)c2)CC1. The van der Waals surface area contributed by atoms with Crippen molar-refractivity contribution >= 4 is 41.0 Å². The van der Waals surface area contributed by atoms with E-state index in [0.29, 0.717) is 37.6 Å². The zero-order chi connectivity index (χ0) is 18.4. The van der Waals surface area contributed by atoms with Gasteiger partial charge in [-0.15, -0.1) is 0 Å². The van der Waals surface area contributed by atoms with Crippen molar-refractivity contribution in [2.45, 2.75) is 19.8 Å². The third-order valence-electron chi connectivity index (χ3n) is 3.95. The van der Waals surface area contributed by atoms with Crippen LogP contribution in [0.5, 0.6) is 0 Å². The summed E-state index contributed by atoms with van der Waals surface area (Å²) in [5, 5.41) is 0.572. The molecule has 0 aliphatic carbocycles. The van der Waals surface area contributed by atoms with E-state index in [1.807, 2.05) is 0 Å². The number of benzene rings is 1. The number of piperidine rings is 1. The molecule has 1 amide bonds. The van der Waals surface area contributed by atoms with Gasteiger partial charge in [-0.25, -0.2) is 4.79 Å². The number of carbonyl (C=O) groups excluding carboxylic acids is 3. The average molecular weight is 388 g/mol. The monoisotopic (exact) mass is 387 g/mol. The number of carbonyl (C=O) groups is 3. The number of esters is 2. The van der Waals surface area contributed by atoms with Gasteiger partial charge >= 0.3 is 11.9 Å². The molecule has 1 heterocycles. The zero-order valence-electron chi connectivity index (χ0n) is 13.8. The van der Waals surface area contributed by atoms with Crippen LogP contribution in [0.3, 0.4) is 0 Å². The molecule has 0 aromatic heterocycles. The van der Waals surface area contributed by atoms with Crippen molar-refractivity contribution in [3.8, 4) is 0 Å². The number of likely N-dealkylation sites (tertiary alicyclic amines) is 1. The molecule has 1 aliphatic heterocycles. The fourth-order valence-corrected chi connectivity index (χ4v) is 2.85. The Morgan fingerprint density at radius 1 is 1.12 bits per heavy atom. The third kappa shape index (κ3) is 5.34. The van der Waals surface area contributed by atoms with Gasteiger partial charge in [0.25, 0.3) is 5.91 Å². The van der Waals surface area contributed by atoms with Gasteiger partial charge in [0.05, 0.1) is 28.1 Å². The molecule has 1 aromatic carbocycles. The predicted octanol–water partition coefficient (Wildman–Crippen LogP) is 2.95. The van der Waals surface area contributed by atoms with Crippen molar-refractivity contribution in [2.24, 2.45) is 5.92 Å². The summed E-state index contributed by atoms with van der Waals surface area (Å²) in [6.45, 7) is 2.63. The number of nitrogens with zero attached hydrogens (tertiary/aromatic N) is 1. The van der Waals surface area contributed by atoms with Gasteiger partial charge in [0, 0.05) is 13.1 Å². The molecular weight excluding hydrogens is 369 g/mol. The third-order valence-corrected chi connectivity index (χ3v) is 4.69. The molecule has 0 atom stereocenters. The minimum absolute atomic E-state index is 0.178. The lowest BCUT2D eigenvalue weighted by Crippen LogP contribution is -2.42. The van der Waals surface area contributed by atoms with Crippen molar-refractivity contribution in [3.63, 3.8) is 0 Å². The van der Waals surface area contributed by atoms with E-state index in [-0.39, 0.29) is 35.0 Å². The fourth-order valence-electron chi connectivity index (χ4n) is 2.55. The van der Waals surface area contributed by atoms with Crippen LogP contribution in [-0.4, -0.2) is 49.0 Å². The summed E-state index contributed by atoms with van der Waals surface area (Å²) in [7, 11) is 0. The second-order valence-corrected chi connectivity index (χ2v) is 6.43. The topological polar surface area (TPSA) is 72.9 Å². The normalized spacial score (nSPS) is 14.9. The van der Waals surface area contributed by atoms with Gasteiger partial charge in [-0.1, -0.05) is 23.2 Å². The molecule has 0 N–H and O–H groups in total.